The van der Waals surface area contributed by atoms with Crippen molar-refractivity contribution in [3.63, 3.8) is 0 Å². The van der Waals surface area contributed by atoms with E-state index in [9.17, 15) is 4.79 Å². The van der Waals surface area contributed by atoms with E-state index in [1.807, 2.05) is 12.1 Å². The lowest BCUT2D eigenvalue weighted by atomic mass is 9.90. The highest BCUT2D eigenvalue weighted by atomic mass is 16.5. The van der Waals surface area contributed by atoms with Crippen molar-refractivity contribution in [2.24, 2.45) is 5.92 Å². The van der Waals surface area contributed by atoms with Crippen LogP contribution >= 0.6 is 0 Å². The molecule has 1 amide bonds. The summed E-state index contributed by atoms with van der Waals surface area (Å²) in [6.45, 7) is 4.18. The molecule has 1 aliphatic heterocycles. The van der Waals surface area contributed by atoms with E-state index < -0.39 is 6.09 Å². The van der Waals surface area contributed by atoms with E-state index in [-0.39, 0.29) is 0 Å². The van der Waals surface area contributed by atoms with Gasteiger partial charge in [-0.25, -0.2) is 9.78 Å². The van der Waals surface area contributed by atoms with Crippen molar-refractivity contribution in [3.05, 3.63) is 54.2 Å². The zero-order valence-electron chi connectivity index (χ0n) is 14.6. The third kappa shape index (κ3) is 4.95. The minimum atomic E-state index is -0.446. The van der Waals surface area contributed by atoms with Crippen LogP contribution < -0.4 is 10.2 Å². The lowest BCUT2D eigenvalue weighted by Crippen LogP contribution is -2.34. The summed E-state index contributed by atoms with van der Waals surface area (Å²) in [5.41, 5.74) is 2.08. The summed E-state index contributed by atoms with van der Waals surface area (Å²) in [4.78, 5) is 18.2. The SMILES string of the molecule is CCOC(=O)Nc1ccc(N2CCC(Cc3ccccc3)CC2)nc1. The van der Waals surface area contributed by atoms with Crippen LogP contribution in [0.3, 0.4) is 0 Å². The van der Waals surface area contributed by atoms with Crippen molar-refractivity contribution < 1.29 is 9.53 Å². The maximum Gasteiger partial charge on any atom is 0.411 e. The van der Waals surface area contributed by atoms with Crippen molar-refractivity contribution >= 4 is 17.6 Å². The second kappa shape index (κ2) is 8.51. The molecular formula is C20H25N3O2. The minimum Gasteiger partial charge on any atom is -0.450 e. The van der Waals surface area contributed by atoms with Gasteiger partial charge in [-0.1, -0.05) is 30.3 Å². The molecule has 0 unspecified atom stereocenters. The van der Waals surface area contributed by atoms with Crippen LogP contribution in [-0.2, 0) is 11.2 Å². The first-order valence-electron chi connectivity index (χ1n) is 8.93. The van der Waals surface area contributed by atoms with E-state index in [2.05, 4.69) is 45.5 Å². The Bertz CT molecular complexity index is 665. The molecule has 0 bridgehead atoms. The van der Waals surface area contributed by atoms with Gasteiger partial charge in [0.15, 0.2) is 0 Å². The summed E-state index contributed by atoms with van der Waals surface area (Å²) in [6.07, 6.45) is 4.75. The molecule has 3 rings (SSSR count). The quantitative estimate of drug-likeness (QED) is 0.891. The van der Waals surface area contributed by atoms with Gasteiger partial charge in [0.25, 0.3) is 0 Å². The summed E-state index contributed by atoms with van der Waals surface area (Å²) in [6, 6.07) is 14.5. The molecular weight excluding hydrogens is 314 g/mol. The highest BCUT2D eigenvalue weighted by Crippen LogP contribution is 2.25. The lowest BCUT2D eigenvalue weighted by Gasteiger charge is -2.33. The Morgan fingerprint density at radius 3 is 2.60 bits per heavy atom. The summed E-state index contributed by atoms with van der Waals surface area (Å²) in [5.74, 6) is 1.70. The molecule has 5 heteroatoms. The number of nitrogens with one attached hydrogen (secondary N) is 1. The molecule has 25 heavy (non-hydrogen) atoms. The van der Waals surface area contributed by atoms with Gasteiger partial charge in [0.2, 0.25) is 0 Å². The molecule has 0 saturated carbocycles. The summed E-state index contributed by atoms with van der Waals surface area (Å²) in [5, 5.41) is 2.67. The van der Waals surface area contributed by atoms with E-state index in [4.69, 9.17) is 4.74 Å². The molecule has 5 nitrogen and oxygen atoms in total. The fraction of sp³-hybridized carbons (Fsp3) is 0.400. The fourth-order valence-corrected chi connectivity index (χ4v) is 3.25. The second-order valence-electron chi connectivity index (χ2n) is 6.37. The minimum absolute atomic E-state index is 0.356. The topological polar surface area (TPSA) is 54.5 Å². The molecule has 0 spiro atoms. The molecule has 2 heterocycles. The Hall–Kier alpha value is -2.56. The van der Waals surface area contributed by atoms with Crippen LogP contribution in [-0.4, -0.2) is 30.8 Å². The van der Waals surface area contributed by atoms with Crippen LogP contribution in [0, 0.1) is 5.92 Å². The van der Waals surface area contributed by atoms with E-state index in [1.54, 1.807) is 13.1 Å². The maximum absolute atomic E-state index is 11.4. The van der Waals surface area contributed by atoms with Crippen molar-refractivity contribution in [2.75, 3.05) is 29.9 Å². The number of ether oxygens (including phenoxy) is 1. The van der Waals surface area contributed by atoms with Gasteiger partial charge in [0.05, 0.1) is 18.5 Å². The smallest absolute Gasteiger partial charge is 0.411 e. The first-order chi connectivity index (χ1) is 12.2. The number of anilines is 2. The van der Waals surface area contributed by atoms with Crippen LogP contribution in [0.1, 0.15) is 25.3 Å². The zero-order chi connectivity index (χ0) is 17.5. The van der Waals surface area contributed by atoms with Crippen LogP contribution in [0.4, 0.5) is 16.3 Å². The summed E-state index contributed by atoms with van der Waals surface area (Å²) in [7, 11) is 0. The summed E-state index contributed by atoms with van der Waals surface area (Å²) < 4.78 is 4.86. The summed E-state index contributed by atoms with van der Waals surface area (Å²) >= 11 is 0. The maximum atomic E-state index is 11.4. The number of hydrogen-bond donors (Lipinski definition) is 1. The third-order valence-corrected chi connectivity index (χ3v) is 4.58. The number of pyridine rings is 1. The number of hydrogen-bond acceptors (Lipinski definition) is 4. The van der Waals surface area contributed by atoms with Crippen molar-refractivity contribution in [1.29, 1.82) is 0 Å². The number of aromatic nitrogens is 1. The number of amides is 1. The second-order valence-corrected chi connectivity index (χ2v) is 6.37. The van der Waals surface area contributed by atoms with Crippen LogP contribution in [0.2, 0.25) is 0 Å². The number of carbonyl (C=O) groups excluding carboxylic acids is 1. The Morgan fingerprint density at radius 2 is 1.96 bits per heavy atom. The van der Waals surface area contributed by atoms with Crippen molar-refractivity contribution in [3.8, 4) is 0 Å². The van der Waals surface area contributed by atoms with Crippen LogP contribution in [0.25, 0.3) is 0 Å². The molecule has 2 aromatic rings. The average molecular weight is 339 g/mol. The highest BCUT2D eigenvalue weighted by Gasteiger charge is 2.20. The molecule has 0 radical (unpaired) electrons. The number of benzene rings is 1. The molecule has 132 valence electrons. The zero-order valence-corrected chi connectivity index (χ0v) is 14.6. The van der Waals surface area contributed by atoms with E-state index >= 15 is 0 Å². The van der Waals surface area contributed by atoms with Crippen LogP contribution in [0.15, 0.2) is 48.7 Å². The van der Waals surface area contributed by atoms with Gasteiger partial charge in [-0.05, 0) is 49.8 Å². The van der Waals surface area contributed by atoms with E-state index in [0.717, 1.165) is 31.2 Å². The van der Waals surface area contributed by atoms with E-state index in [0.29, 0.717) is 12.3 Å². The molecule has 1 aromatic heterocycles. The van der Waals surface area contributed by atoms with Gasteiger partial charge in [-0.3, -0.25) is 5.32 Å². The van der Waals surface area contributed by atoms with Crippen molar-refractivity contribution in [2.45, 2.75) is 26.2 Å². The fourth-order valence-electron chi connectivity index (χ4n) is 3.25. The Kier molecular flexibility index (Phi) is 5.88. The molecule has 1 fully saturated rings. The van der Waals surface area contributed by atoms with Gasteiger partial charge in [-0.15, -0.1) is 0 Å². The number of rotatable bonds is 5. The Morgan fingerprint density at radius 1 is 1.20 bits per heavy atom. The molecule has 1 N–H and O–H groups in total. The van der Waals surface area contributed by atoms with Crippen LogP contribution in [0.5, 0.6) is 0 Å². The first kappa shape index (κ1) is 17.3. The van der Waals surface area contributed by atoms with Gasteiger partial charge in [0, 0.05) is 13.1 Å². The normalized spacial score (nSPS) is 15.0. The number of nitrogens with zero attached hydrogens (tertiary/aromatic N) is 2. The van der Waals surface area contributed by atoms with Gasteiger partial charge >= 0.3 is 6.09 Å². The predicted octanol–water partition coefficient (Wildman–Crippen LogP) is 4.11. The molecule has 1 aromatic carbocycles. The molecule has 0 atom stereocenters. The Balaban J connectivity index is 1.50. The lowest BCUT2D eigenvalue weighted by molar-refractivity contribution is 0.168. The standard InChI is InChI=1S/C20H25N3O2/c1-2-25-20(24)22-18-8-9-19(21-15-18)23-12-10-17(11-13-23)14-16-6-4-3-5-7-16/h3-9,15,17H,2,10-14H2,1H3,(H,22,24). The van der Waals surface area contributed by atoms with Gasteiger partial charge < -0.3 is 9.64 Å². The third-order valence-electron chi connectivity index (χ3n) is 4.58. The van der Waals surface area contributed by atoms with Crippen molar-refractivity contribution in [1.82, 2.24) is 4.98 Å². The molecule has 0 aliphatic carbocycles. The number of piperidine rings is 1. The van der Waals surface area contributed by atoms with Gasteiger partial charge in [0.1, 0.15) is 5.82 Å². The molecule has 1 aliphatic rings. The average Bonchev–Trinajstić information content (AvgIpc) is 2.64. The monoisotopic (exact) mass is 339 g/mol. The van der Waals surface area contributed by atoms with Gasteiger partial charge in [-0.2, -0.15) is 0 Å². The highest BCUT2D eigenvalue weighted by molar-refractivity contribution is 5.84. The largest absolute Gasteiger partial charge is 0.450 e. The number of carbonyl (C=O) groups is 1. The Labute approximate surface area is 149 Å². The van der Waals surface area contributed by atoms with E-state index in [1.165, 1.54) is 18.4 Å². The molecule has 1 saturated heterocycles. The first-order valence-corrected chi connectivity index (χ1v) is 8.93. The predicted molar refractivity (Wildman–Crippen MR) is 100.0 cm³/mol.